The molecule has 0 saturated carbocycles. The highest BCUT2D eigenvalue weighted by Crippen LogP contribution is 2.20. The van der Waals surface area contributed by atoms with Gasteiger partial charge in [0.05, 0.1) is 19.9 Å². The van der Waals surface area contributed by atoms with E-state index in [2.05, 4.69) is 15.0 Å². The number of carbonyl (C=O) groups is 4. The van der Waals surface area contributed by atoms with Gasteiger partial charge in [-0.2, -0.15) is 0 Å². The van der Waals surface area contributed by atoms with Crippen molar-refractivity contribution < 1.29 is 23.9 Å². The molecule has 1 saturated heterocycles. The second-order valence-corrected chi connectivity index (χ2v) is 6.58. The van der Waals surface area contributed by atoms with Crippen LogP contribution in [-0.2, 0) is 20.9 Å². The zero-order valence-electron chi connectivity index (χ0n) is 13.9. The predicted molar refractivity (Wildman–Crippen MR) is 92.6 cm³/mol. The minimum Gasteiger partial charge on any atom is -0.465 e. The van der Waals surface area contributed by atoms with Crippen LogP contribution in [0.2, 0.25) is 0 Å². The molecule has 3 rings (SSSR count). The Kier molecular flexibility index (Phi) is 5.08. The first-order chi connectivity index (χ1) is 12.5. The Morgan fingerprint density at radius 1 is 1.19 bits per heavy atom. The summed E-state index contributed by atoms with van der Waals surface area (Å²) in [6.07, 6.45) is 1.83. The lowest BCUT2D eigenvalue weighted by molar-refractivity contribution is -0.139. The molecule has 1 fully saturated rings. The largest absolute Gasteiger partial charge is 0.465 e. The molecule has 0 radical (unpaired) electrons. The number of benzene rings is 1. The number of rotatable bonds is 5. The molecular weight excluding hydrogens is 358 g/mol. The van der Waals surface area contributed by atoms with E-state index in [4.69, 9.17) is 0 Å². The first kappa shape index (κ1) is 17.7. The monoisotopic (exact) mass is 373 g/mol. The number of nitrogens with zero attached hydrogens (tertiary/aromatic N) is 2. The summed E-state index contributed by atoms with van der Waals surface area (Å²) >= 11 is 1.01. The maximum atomic E-state index is 12.2. The normalized spacial score (nSPS) is 13.8. The Balaban J connectivity index is 1.63. The predicted octanol–water partition coefficient (Wildman–Crippen LogP) is 1.83. The van der Waals surface area contributed by atoms with Gasteiger partial charge in [-0.05, 0) is 17.7 Å². The molecule has 9 heteroatoms. The molecule has 1 aliphatic heterocycles. The molecule has 1 aromatic heterocycles. The van der Waals surface area contributed by atoms with Gasteiger partial charge in [0.25, 0.3) is 5.91 Å². The molecule has 26 heavy (non-hydrogen) atoms. The summed E-state index contributed by atoms with van der Waals surface area (Å²) in [5.74, 6) is -1.25. The van der Waals surface area contributed by atoms with Crippen LogP contribution in [-0.4, -0.2) is 40.7 Å². The van der Waals surface area contributed by atoms with E-state index < -0.39 is 5.97 Å². The Morgan fingerprint density at radius 3 is 2.46 bits per heavy atom. The van der Waals surface area contributed by atoms with Crippen LogP contribution < -0.4 is 5.32 Å². The standard InChI is InChI=1S/C17H15N3O5S/c1-25-16(24)12-8-18-17(26-12)19-15(23)11-4-2-10(3-5-11)9-20-13(21)6-7-14(20)22/h2-5,8H,6-7,9H2,1H3,(H,18,19,23). The zero-order chi connectivity index (χ0) is 18.7. The van der Waals surface area contributed by atoms with Crippen molar-refractivity contribution in [2.75, 3.05) is 12.4 Å². The van der Waals surface area contributed by atoms with Gasteiger partial charge in [-0.1, -0.05) is 23.5 Å². The molecule has 134 valence electrons. The third-order valence-corrected chi connectivity index (χ3v) is 4.72. The number of imide groups is 1. The summed E-state index contributed by atoms with van der Waals surface area (Å²) < 4.78 is 4.59. The van der Waals surface area contributed by atoms with E-state index in [1.54, 1.807) is 24.3 Å². The molecule has 1 aliphatic rings. The molecule has 0 unspecified atom stereocenters. The molecule has 3 amide bonds. The lowest BCUT2D eigenvalue weighted by Crippen LogP contribution is -2.28. The maximum Gasteiger partial charge on any atom is 0.349 e. The SMILES string of the molecule is COC(=O)c1cnc(NC(=O)c2ccc(CN3C(=O)CCC3=O)cc2)s1. The van der Waals surface area contributed by atoms with Crippen molar-refractivity contribution in [3.8, 4) is 0 Å². The van der Waals surface area contributed by atoms with Crippen molar-refractivity contribution in [2.24, 2.45) is 0 Å². The number of hydrogen-bond donors (Lipinski definition) is 1. The number of amides is 3. The molecule has 0 atom stereocenters. The lowest BCUT2D eigenvalue weighted by Gasteiger charge is -2.13. The molecule has 1 N–H and O–H groups in total. The first-order valence-corrected chi connectivity index (χ1v) is 8.57. The number of ether oxygens (including phenoxy) is 1. The van der Waals surface area contributed by atoms with Gasteiger partial charge in [-0.3, -0.25) is 24.6 Å². The van der Waals surface area contributed by atoms with Crippen LogP contribution in [0.1, 0.15) is 38.4 Å². The number of methoxy groups -OCH3 is 1. The van der Waals surface area contributed by atoms with Crippen LogP contribution in [0.3, 0.4) is 0 Å². The number of carbonyl (C=O) groups excluding carboxylic acids is 4. The Morgan fingerprint density at radius 2 is 1.85 bits per heavy atom. The number of thiazole rings is 1. The number of nitrogens with one attached hydrogen (secondary N) is 1. The maximum absolute atomic E-state index is 12.2. The zero-order valence-corrected chi connectivity index (χ0v) is 14.7. The summed E-state index contributed by atoms with van der Waals surface area (Å²) in [6.45, 7) is 0.203. The van der Waals surface area contributed by atoms with Crippen LogP contribution in [0.4, 0.5) is 5.13 Å². The van der Waals surface area contributed by atoms with Gasteiger partial charge in [-0.25, -0.2) is 9.78 Å². The summed E-state index contributed by atoms with van der Waals surface area (Å²) in [5, 5.41) is 2.89. The smallest absolute Gasteiger partial charge is 0.349 e. The third-order valence-electron chi connectivity index (χ3n) is 3.82. The highest BCUT2D eigenvalue weighted by Gasteiger charge is 2.28. The molecule has 1 aromatic carbocycles. The van der Waals surface area contributed by atoms with Gasteiger partial charge in [0.1, 0.15) is 4.88 Å². The average Bonchev–Trinajstić information content (AvgIpc) is 3.23. The van der Waals surface area contributed by atoms with Crippen molar-refractivity contribution in [3.63, 3.8) is 0 Å². The minimum absolute atomic E-state index is 0.179. The average molecular weight is 373 g/mol. The fraction of sp³-hybridized carbons (Fsp3) is 0.235. The van der Waals surface area contributed by atoms with E-state index >= 15 is 0 Å². The van der Waals surface area contributed by atoms with Crippen molar-refractivity contribution >= 4 is 40.2 Å². The van der Waals surface area contributed by atoms with Crippen molar-refractivity contribution in [3.05, 3.63) is 46.5 Å². The lowest BCUT2D eigenvalue weighted by atomic mass is 10.1. The fourth-order valence-corrected chi connectivity index (χ4v) is 3.17. The second kappa shape index (κ2) is 7.44. The first-order valence-electron chi connectivity index (χ1n) is 7.75. The van der Waals surface area contributed by atoms with E-state index in [1.165, 1.54) is 18.2 Å². The minimum atomic E-state index is -0.515. The third kappa shape index (κ3) is 3.77. The van der Waals surface area contributed by atoms with Gasteiger partial charge in [0, 0.05) is 18.4 Å². The van der Waals surface area contributed by atoms with E-state index in [9.17, 15) is 19.2 Å². The Hall–Kier alpha value is -3.07. The second-order valence-electron chi connectivity index (χ2n) is 5.55. The fourth-order valence-electron chi connectivity index (χ4n) is 2.44. The highest BCUT2D eigenvalue weighted by atomic mass is 32.1. The highest BCUT2D eigenvalue weighted by molar-refractivity contribution is 7.17. The van der Waals surface area contributed by atoms with Crippen molar-refractivity contribution in [2.45, 2.75) is 19.4 Å². The van der Waals surface area contributed by atoms with E-state index in [0.717, 1.165) is 16.9 Å². The van der Waals surface area contributed by atoms with E-state index in [0.29, 0.717) is 5.56 Å². The van der Waals surface area contributed by atoms with Gasteiger partial charge >= 0.3 is 5.97 Å². The van der Waals surface area contributed by atoms with E-state index in [-0.39, 0.29) is 47.1 Å². The number of hydrogen-bond acceptors (Lipinski definition) is 7. The molecule has 2 heterocycles. The molecule has 8 nitrogen and oxygen atoms in total. The summed E-state index contributed by atoms with van der Waals surface area (Å²) in [4.78, 5) is 52.4. The molecular formula is C17H15N3O5S. The molecule has 0 aliphatic carbocycles. The van der Waals surface area contributed by atoms with Gasteiger partial charge < -0.3 is 4.74 Å². The topological polar surface area (TPSA) is 106 Å². The van der Waals surface area contributed by atoms with Crippen LogP contribution in [0.5, 0.6) is 0 Å². The number of esters is 1. The van der Waals surface area contributed by atoms with E-state index in [1.807, 2.05) is 0 Å². The summed E-state index contributed by atoms with van der Waals surface area (Å²) in [7, 11) is 1.27. The van der Waals surface area contributed by atoms with Crippen LogP contribution in [0.15, 0.2) is 30.5 Å². The Bertz CT molecular complexity index is 859. The molecule has 2 aromatic rings. The quantitative estimate of drug-likeness (QED) is 0.633. The number of likely N-dealkylation sites (tertiary alicyclic amines) is 1. The Labute approximate surface area is 152 Å². The van der Waals surface area contributed by atoms with Crippen LogP contribution in [0.25, 0.3) is 0 Å². The number of aromatic nitrogens is 1. The van der Waals surface area contributed by atoms with Crippen LogP contribution in [0, 0.1) is 0 Å². The van der Waals surface area contributed by atoms with Crippen LogP contribution >= 0.6 is 11.3 Å². The van der Waals surface area contributed by atoms with Gasteiger partial charge in [0.2, 0.25) is 11.8 Å². The number of anilines is 1. The molecule has 0 spiro atoms. The van der Waals surface area contributed by atoms with Crippen molar-refractivity contribution in [1.82, 2.24) is 9.88 Å². The summed E-state index contributed by atoms with van der Waals surface area (Å²) in [6, 6.07) is 6.58. The van der Waals surface area contributed by atoms with Gasteiger partial charge in [-0.15, -0.1) is 0 Å². The van der Waals surface area contributed by atoms with Gasteiger partial charge in [0.15, 0.2) is 5.13 Å². The molecule has 0 bridgehead atoms. The van der Waals surface area contributed by atoms with Crippen molar-refractivity contribution in [1.29, 1.82) is 0 Å². The summed E-state index contributed by atoms with van der Waals surface area (Å²) in [5.41, 5.74) is 1.15.